The minimum absolute atomic E-state index is 0. The van der Waals surface area contributed by atoms with Crippen LogP contribution in [0.2, 0.25) is 0 Å². The van der Waals surface area contributed by atoms with Gasteiger partial charge in [0.2, 0.25) is 0 Å². The fraction of sp³-hybridized carbons (Fsp3) is 0. The second kappa shape index (κ2) is 7.58. The molecule has 1 aromatic rings. The van der Waals surface area contributed by atoms with Crippen molar-refractivity contribution >= 4 is 24.7 Å². The molecule has 1 heterocycles. The van der Waals surface area contributed by atoms with Gasteiger partial charge < -0.3 is 0 Å². The molecular weight excluding hydrogens is 972 g/mol. The van der Waals surface area contributed by atoms with Crippen molar-refractivity contribution in [2.75, 3.05) is 0 Å². The van der Waals surface area contributed by atoms with Gasteiger partial charge in [-0.05, 0) is 0 Å². The van der Waals surface area contributed by atoms with Gasteiger partial charge in [-0.1, -0.05) is 0 Å². The van der Waals surface area contributed by atoms with Crippen molar-refractivity contribution in [1.82, 2.24) is 0 Å². The van der Waals surface area contributed by atoms with Crippen molar-refractivity contribution in [2.24, 2.45) is 0 Å². The van der Waals surface area contributed by atoms with Gasteiger partial charge >= 0.3 is 76.2 Å². The SMILES string of the molecule is O=C1OI(O)(O)(O)c2ccccc21.[Ac].[Ac].[Ac]. The molecule has 0 saturated heterocycles. The molecule has 0 aliphatic carbocycles. The maximum atomic E-state index is 11.0. The maximum absolute atomic E-state index is 11.0. The Hall–Kier alpha value is 3.62. The Morgan fingerprint density at radius 2 is 1.50 bits per heavy atom. The first kappa shape index (κ1) is 21.9. The molecule has 81 valence electrons. The topological polar surface area (TPSA) is 87.0 Å². The van der Waals surface area contributed by atoms with E-state index in [1.54, 1.807) is 6.07 Å². The van der Waals surface area contributed by atoms with Gasteiger partial charge in [-0.15, -0.1) is 0 Å². The zero-order valence-electron chi connectivity index (χ0n) is 8.08. The summed E-state index contributed by atoms with van der Waals surface area (Å²) >= 11 is -5.96. The van der Waals surface area contributed by atoms with E-state index in [1.807, 2.05) is 0 Å². The van der Waals surface area contributed by atoms with Gasteiger partial charge in [-0.2, -0.15) is 0 Å². The van der Waals surface area contributed by atoms with Crippen LogP contribution in [0.3, 0.4) is 0 Å². The Morgan fingerprint density at radius 3 is 2.00 bits per heavy atom. The first-order chi connectivity index (χ1) is 5.88. The summed E-state index contributed by atoms with van der Waals surface area (Å²) in [6, 6.07) is 5.68. The molecular formula is C7H7Ac3IO5. The zero-order valence-corrected chi connectivity index (χ0v) is 24.5. The van der Waals surface area contributed by atoms with Crippen LogP contribution in [0, 0.1) is 136 Å². The first-order valence-corrected chi connectivity index (χ1v) is 8.19. The minimum atomic E-state index is -5.96. The van der Waals surface area contributed by atoms with Crippen LogP contribution in [0.15, 0.2) is 24.3 Å². The largest absolute Gasteiger partial charge is 0 e. The monoisotopic (exact) mass is 979 g/mol. The molecule has 0 aromatic heterocycles. The molecule has 0 fully saturated rings. The number of fused-ring (bicyclic) bond motifs is 1. The third-order valence-corrected chi connectivity index (χ3v) is 5.85. The molecule has 3 N–H and O–H groups in total. The van der Waals surface area contributed by atoms with Crippen molar-refractivity contribution in [3.63, 3.8) is 0 Å². The van der Waals surface area contributed by atoms with Crippen LogP contribution in [0.25, 0.3) is 0 Å². The van der Waals surface area contributed by atoms with Gasteiger partial charge in [0.15, 0.2) is 0 Å². The van der Waals surface area contributed by atoms with Crippen molar-refractivity contribution in [1.29, 1.82) is 0 Å². The van der Waals surface area contributed by atoms with E-state index in [0.29, 0.717) is 0 Å². The average molecular weight is 979 g/mol. The Kier molecular flexibility index (Phi) is 10.4. The van der Waals surface area contributed by atoms with Crippen LogP contribution in [0.5, 0.6) is 0 Å². The molecule has 1 aromatic carbocycles. The fourth-order valence-electron chi connectivity index (χ4n) is 1.13. The summed E-state index contributed by atoms with van der Waals surface area (Å²) in [4.78, 5) is 11.0. The van der Waals surface area contributed by atoms with Crippen molar-refractivity contribution in [2.45, 2.75) is 0 Å². The van der Waals surface area contributed by atoms with Gasteiger partial charge in [0.1, 0.15) is 0 Å². The maximum Gasteiger partial charge on any atom is 0 e. The number of halogens is 1. The molecule has 1 aliphatic heterocycles. The van der Waals surface area contributed by atoms with Crippen LogP contribution in [-0.4, -0.2) is 16.3 Å². The molecule has 0 unspecified atom stereocenters. The van der Waals surface area contributed by atoms with Gasteiger partial charge in [-0.3, -0.25) is 0 Å². The quantitative estimate of drug-likeness (QED) is 0.325. The van der Waals surface area contributed by atoms with E-state index in [0.717, 1.165) is 0 Å². The van der Waals surface area contributed by atoms with Gasteiger partial charge in [0.05, 0.1) is 0 Å². The standard InChI is InChI=1S/C7H7IO5.3Ac/c9-7-5-3-1-2-4-6(5)8(10,11,12)13-7;;;/h1-4,10-12H;;;. The molecule has 3 radical (unpaired) electrons. The van der Waals surface area contributed by atoms with Crippen LogP contribution in [0.1, 0.15) is 10.4 Å². The first-order valence-electron chi connectivity index (χ1n) is 3.34. The molecule has 0 bridgehead atoms. The van der Waals surface area contributed by atoms with Crippen molar-refractivity contribution in [3.8, 4) is 0 Å². The number of carbonyl (C=O) groups excluding carboxylic acids is 1. The number of carbonyl (C=O) groups is 1. The van der Waals surface area contributed by atoms with Gasteiger partial charge in [0, 0.05) is 132 Å². The second-order valence-electron chi connectivity index (χ2n) is 2.61. The third-order valence-electron chi connectivity index (χ3n) is 1.66. The molecule has 1 aliphatic rings. The minimum Gasteiger partial charge on any atom is 0 e. The van der Waals surface area contributed by atoms with E-state index in [9.17, 15) is 15.1 Å². The predicted octanol–water partition coefficient (Wildman–Crippen LogP) is 0.241. The third kappa shape index (κ3) is 4.58. The molecule has 0 atom stereocenters. The zero-order chi connectivity index (χ0) is 9.71. The number of benzene rings is 1. The fourth-order valence-corrected chi connectivity index (χ4v) is 4.59. The molecule has 16 heavy (non-hydrogen) atoms. The van der Waals surface area contributed by atoms with Gasteiger partial charge in [0.25, 0.3) is 0 Å². The smallest absolute Gasteiger partial charge is 0 e. The second-order valence-corrected chi connectivity index (χ2v) is 8.58. The van der Waals surface area contributed by atoms with E-state index in [2.05, 4.69) is 3.07 Å². The summed E-state index contributed by atoms with van der Waals surface area (Å²) in [5, 5.41) is 0. The molecule has 9 heteroatoms. The summed E-state index contributed by atoms with van der Waals surface area (Å²) in [5.41, 5.74) is 0.0177. The summed E-state index contributed by atoms with van der Waals surface area (Å²) in [6.45, 7) is 0. The van der Waals surface area contributed by atoms with Crippen molar-refractivity contribution in [3.05, 3.63) is 33.4 Å². The summed E-state index contributed by atoms with van der Waals surface area (Å²) < 4.78 is 32.0. The molecule has 5 nitrogen and oxygen atoms in total. The van der Waals surface area contributed by atoms with Crippen LogP contribution in [-0.2, 0) is 3.07 Å². The molecule has 0 amide bonds. The number of hydrogen-bond donors (Lipinski definition) is 3. The predicted molar refractivity (Wildman–Crippen MR) is 51.2 cm³/mol. The Morgan fingerprint density at radius 1 is 1.00 bits per heavy atom. The molecule has 2 rings (SSSR count). The van der Waals surface area contributed by atoms with Crippen LogP contribution >= 0.6 is 18.7 Å². The van der Waals surface area contributed by atoms with E-state index < -0.39 is 24.7 Å². The molecule has 0 saturated carbocycles. The summed E-state index contributed by atoms with van der Waals surface area (Å²) in [6.07, 6.45) is 0. The van der Waals surface area contributed by atoms with E-state index in [1.165, 1.54) is 18.2 Å². The van der Waals surface area contributed by atoms with E-state index in [-0.39, 0.29) is 141 Å². The van der Waals surface area contributed by atoms with Crippen LogP contribution in [0.4, 0.5) is 0 Å². The van der Waals surface area contributed by atoms with Crippen molar-refractivity contribution < 1.29 is 150 Å². The Bertz CT molecular complexity index is 402. The summed E-state index contributed by atoms with van der Waals surface area (Å²) in [7, 11) is 0. The number of hydrogen-bond acceptors (Lipinski definition) is 5. The van der Waals surface area contributed by atoms with Crippen LogP contribution < -0.4 is 0 Å². The average Bonchev–Trinajstić information content (AvgIpc) is 2.20. The van der Waals surface area contributed by atoms with E-state index in [4.69, 9.17) is 0 Å². The van der Waals surface area contributed by atoms with Gasteiger partial charge in [-0.25, -0.2) is 0 Å². The number of rotatable bonds is 0. The Balaban J connectivity index is 0. The normalized spacial score (nSPS) is 20.7. The Labute approximate surface area is 203 Å². The molecule has 0 spiro atoms. The summed E-state index contributed by atoms with van der Waals surface area (Å²) in [5.74, 6) is -0.891. The van der Waals surface area contributed by atoms with E-state index >= 15 is 0 Å².